The largest absolute Gasteiger partial charge is 0.489 e. The summed E-state index contributed by atoms with van der Waals surface area (Å²) in [5, 5.41) is 12.4. The number of methoxy groups -OCH3 is 1. The van der Waals surface area contributed by atoms with Crippen molar-refractivity contribution in [3.8, 4) is 22.7 Å². The maximum absolute atomic E-state index is 12.4. The molecule has 2 aromatic carbocycles. The smallest absolute Gasteiger partial charge is 0.368 e. The topological polar surface area (TPSA) is 89.0 Å². The van der Waals surface area contributed by atoms with Gasteiger partial charge in [0.25, 0.3) is 0 Å². The monoisotopic (exact) mass is 512 g/mol. The Hall–Kier alpha value is -3.24. The van der Waals surface area contributed by atoms with Gasteiger partial charge in [-0.2, -0.15) is 14.5 Å². The summed E-state index contributed by atoms with van der Waals surface area (Å²) in [7, 11) is 3.21. The fourth-order valence-corrected chi connectivity index (χ4v) is 4.12. The van der Waals surface area contributed by atoms with E-state index in [9.17, 15) is 4.79 Å². The third kappa shape index (κ3) is 4.36. The van der Waals surface area contributed by atoms with E-state index in [1.807, 2.05) is 61.9 Å². The van der Waals surface area contributed by atoms with E-state index in [1.165, 1.54) is 9.36 Å². The first-order valence-corrected chi connectivity index (χ1v) is 11.1. The lowest BCUT2D eigenvalue weighted by atomic mass is 10.1. The summed E-state index contributed by atoms with van der Waals surface area (Å²) in [6.07, 6.45) is 0. The Morgan fingerprint density at radius 3 is 2.52 bits per heavy atom. The number of rotatable bonds is 7. The highest BCUT2D eigenvalue weighted by molar-refractivity contribution is 9.10. The zero-order chi connectivity index (χ0) is 23.7. The van der Waals surface area contributed by atoms with Crippen molar-refractivity contribution < 1.29 is 9.47 Å². The molecular weight excluding hydrogens is 488 g/mol. The summed E-state index contributed by atoms with van der Waals surface area (Å²) in [6, 6.07) is 11.7. The number of aromatic nitrogens is 6. The van der Waals surface area contributed by atoms with Crippen molar-refractivity contribution in [1.29, 1.82) is 0 Å². The maximum atomic E-state index is 12.4. The molecule has 9 nitrogen and oxygen atoms in total. The van der Waals surface area contributed by atoms with Crippen LogP contribution in [0.3, 0.4) is 0 Å². The summed E-state index contributed by atoms with van der Waals surface area (Å²) < 4.78 is 16.6. The van der Waals surface area contributed by atoms with E-state index >= 15 is 0 Å². The van der Waals surface area contributed by atoms with Crippen molar-refractivity contribution in [2.45, 2.75) is 34.1 Å². The summed E-state index contributed by atoms with van der Waals surface area (Å²) in [6.45, 7) is 6.65. The number of aryl methyl sites for hydroxylation is 3. The van der Waals surface area contributed by atoms with Gasteiger partial charge in [0.2, 0.25) is 0 Å². The molecule has 0 atom stereocenters. The SMILES string of the molecule is COCn1nc(-c2ccc(OCc3c(C)cccc3-n3nnn(C)c3=O)c(C)c2)c(Br)c1C. The average molecular weight is 513 g/mol. The third-order valence-electron chi connectivity index (χ3n) is 5.54. The predicted octanol–water partition coefficient (Wildman–Crippen LogP) is 3.70. The van der Waals surface area contributed by atoms with Gasteiger partial charge in [-0.25, -0.2) is 9.48 Å². The molecule has 2 heterocycles. The number of hydrogen-bond donors (Lipinski definition) is 0. The van der Waals surface area contributed by atoms with Gasteiger partial charge >= 0.3 is 5.69 Å². The van der Waals surface area contributed by atoms with Gasteiger partial charge in [0.15, 0.2) is 0 Å². The normalized spacial score (nSPS) is 11.2. The van der Waals surface area contributed by atoms with Crippen LogP contribution in [0.5, 0.6) is 5.75 Å². The molecule has 0 saturated heterocycles. The molecule has 0 radical (unpaired) electrons. The van der Waals surface area contributed by atoms with Crippen LogP contribution in [0.25, 0.3) is 16.9 Å². The van der Waals surface area contributed by atoms with E-state index < -0.39 is 0 Å². The lowest BCUT2D eigenvalue weighted by Gasteiger charge is -2.14. The van der Waals surface area contributed by atoms with Gasteiger partial charge in [0.05, 0.1) is 15.9 Å². The summed E-state index contributed by atoms with van der Waals surface area (Å²) in [5.74, 6) is 0.753. The molecule has 2 aromatic heterocycles. The number of halogens is 1. The molecule has 0 aliphatic rings. The van der Waals surface area contributed by atoms with E-state index in [0.717, 1.165) is 43.9 Å². The van der Waals surface area contributed by atoms with Gasteiger partial charge in [0, 0.05) is 25.3 Å². The second-order valence-electron chi connectivity index (χ2n) is 7.80. The molecule has 172 valence electrons. The molecule has 0 saturated carbocycles. The molecule has 0 amide bonds. The van der Waals surface area contributed by atoms with Crippen LogP contribution in [0.1, 0.15) is 22.4 Å². The Morgan fingerprint density at radius 1 is 1.06 bits per heavy atom. The van der Waals surface area contributed by atoms with Crippen molar-refractivity contribution in [3.05, 3.63) is 73.7 Å². The van der Waals surface area contributed by atoms with Crippen LogP contribution < -0.4 is 10.4 Å². The first-order valence-electron chi connectivity index (χ1n) is 10.3. The molecule has 33 heavy (non-hydrogen) atoms. The van der Waals surface area contributed by atoms with Crippen LogP contribution in [0.15, 0.2) is 45.7 Å². The molecule has 0 aliphatic heterocycles. The van der Waals surface area contributed by atoms with Crippen LogP contribution in [0, 0.1) is 20.8 Å². The van der Waals surface area contributed by atoms with Crippen LogP contribution in [-0.2, 0) is 25.1 Å². The number of tetrazole rings is 1. The molecule has 0 bridgehead atoms. The van der Waals surface area contributed by atoms with Gasteiger partial charge in [-0.3, -0.25) is 0 Å². The van der Waals surface area contributed by atoms with Gasteiger partial charge in [-0.05, 0) is 82.5 Å². The van der Waals surface area contributed by atoms with Crippen LogP contribution in [-0.4, -0.2) is 36.7 Å². The van der Waals surface area contributed by atoms with Crippen molar-refractivity contribution in [2.75, 3.05) is 7.11 Å². The Balaban J connectivity index is 1.61. The fourth-order valence-electron chi connectivity index (χ4n) is 3.60. The number of ether oxygens (including phenoxy) is 2. The van der Waals surface area contributed by atoms with Gasteiger partial charge in [0.1, 0.15) is 24.8 Å². The van der Waals surface area contributed by atoms with Crippen molar-refractivity contribution in [2.24, 2.45) is 7.05 Å². The van der Waals surface area contributed by atoms with E-state index in [-0.39, 0.29) is 12.3 Å². The van der Waals surface area contributed by atoms with Crippen molar-refractivity contribution in [1.82, 2.24) is 29.6 Å². The molecule has 0 unspecified atom stereocenters. The van der Waals surface area contributed by atoms with Crippen LogP contribution >= 0.6 is 15.9 Å². The van der Waals surface area contributed by atoms with Crippen molar-refractivity contribution in [3.63, 3.8) is 0 Å². The Bertz CT molecular complexity index is 1370. The van der Waals surface area contributed by atoms with E-state index in [0.29, 0.717) is 12.4 Å². The van der Waals surface area contributed by atoms with Gasteiger partial charge in [-0.1, -0.05) is 12.1 Å². The zero-order valence-electron chi connectivity index (χ0n) is 19.2. The molecule has 10 heteroatoms. The minimum atomic E-state index is -0.309. The summed E-state index contributed by atoms with van der Waals surface area (Å²) in [4.78, 5) is 12.4. The molecule has 0 N–H and O–H groups in total. The molecule has 0 spiro atoms. The highest BCUT2D eigenvalue weighted by Gasteiger charge is 2.17. The first-order chi connectivity index (χ1) is 15.8. The lowest BCUT2D eigenvalue weighted by Crippen LogP contribution is -2.23. The van der Waals surface area contributed by atoms with Gasteiger partial charge < -0.3 is 9.47 Å². The number of nitrogens with zero attached hydrogens (tertiary/aromatic N) is 6. The number of hydrogen-bond acceptors (Lipinski definition) is 6. The molecule has 4 rings (SSSR count). The fraction of sp³-hybridized carbons (Fsp3) is 0.304. The second kappa shape index (κ2) is 9.32. The maximum Gasteiger partial charge on any atom is 0.368 e. The van der Waals surface area contributed by atoms with Crippen molar-refractivity contribution >= 4 is 15.9 Å². The van der Waals surface area contributed by atoms with E-state index in [4.69, 9.17) is 9.47 Å². The molecule has 0 fully saturated rings. The minimum absolute atomic E-state index is 0.288. The highest BCUT2D eigenvalue weighted by Crippen LogP contribution is 2.33. The van der Waals surface area contributed by atoms with Crippen LogP contribution in [0.2, 0.25) is 0 Å². The minimum Gasteiger partial charge on any atom is -0.489 e. The predicted molar refractivity (Wildman–Crippen MR) is 128 cm³/mol. The lowest BCUT2D eigenvalue weighted by molar-refractivity contribution is 0.119. The standard InChI is InChI=1S/C23H25BrN6O3/c1-14-7-6-8-19(30-23(31)28(4)26-27-30)18(14)12-33-20-10-9-17(11-15(20)2)22-21(24)16(3)29(25-22)13-32-5/h6-11H,12-13H2,1-5H3. The number of benzene rings is 2. The third-order valence-corrected chi connectivity index (χ3v) is 6.49. The quantitative estimate of drug-likeness (QED) is 0.375. The highest BCUT2D eigenvalue weighted by atomic mass is 79.9. The Morgan fingerprint density at radius 2 is 1.85 bits per heavy atom. The molecule has 4 aromatic rings. The Kier molecular flexibility index (Phi) is 6.48. The molecule has 0 aliphatic carbocycles. The Labute approximate surface area is 199 Å². The van der Waals surface area contributed by atoms with E-state index in [1.54, 1.807) is 14.2 Å². The zero-order valence-corrected chi connectivity index (χ0v) is 20.8. The van der Waals surface area contributed by atoms with E-state index in [2.05, 4.69) is 31.5 Å². The summed E-state index contributed by atoms with van der Waals surface area (Å²) in [5.41, 5.74) is 6.03. The molecular formula is C23H25BrN6O3. The average Bonchev–Trinajstić information content (AvgIpc) is 3.27. The van der Waals surface area contributed by atoms with Crippen LogP contribution in [0.4, 0.5) is 0 Å². The first kappa shape index (κ1) is 22.9. The van der Waals surface area contributed by atoms with Gasteiger partial charge in [-0.15, -0.1) is 0 Å². The second-order valence-corrected chi connectivity index (χ2v) is 8.60. The summed E-state index contributed by atoms with van der Waals surface area (Å²) >= 11 is 3.65.